The first-order valence-electron chi connectivity index (χ1n) is 8.25. The standard InChI is InChI=1S/C18H22N2O2/c21-18-6-3-15-9-16(19-10-14-7-8-22-12-14)4-5-17(15)20(18)11-13-1-2-13/h3,6-8,12-13,16,19H,1-2,4-5,9-11H2. The number of nitrogens with one attached hydrogen (secondary N) is 1. The van der Waals surface area contributed by atoms with Crippen LogP contribution in [0.15, 0.2) is 39.9 Å². The zero-order valence-corrected chi connectivity index (χ0v) is 12.8. The molecule has 0 aromatic carbocycles. The summed E-state index contributed by atoms with van der Waals surface area (Å²) in [5, 5.41) is 3.60. The molecular formula is C18H22N2O2. The lowest BCUT2D eigenvalue weighted by Gasteiger charge is -2.27. The van der Waals surface area contributed by atoms with Crippen molar-refractivity contribution in [3.05, 3.63) is 57.9 Å². The highest BCUT2D eigenvalue weighted by molar-refractivity contribution is 5.26. The van der Waals surface area contributed by atoms with E-state index in [2.05, 4.69) is 5.32 Å². The van der Waals surface area contributed by atoms with Crippen LogP contribution in [-0.4, -0.2) is 10.6 Å². The Hall–Kier alpha value is -1.81. The van der Waals surface area contributed by atoms with Crippen LogP contribution in [0.2, 0.25) is 0 Å². The first-order chi connectivity index (χ1) is 10.8. The molecule has 1 N–H and O–H groups in total. The molecule has 4 heteroatoms. The SMILES string of the molecule is O=c1ccc2c(n1CC1CC1)CCC(NCc1ccoc1)C2. The van der Waals surface area contributed by atoms with Crippen LogP contribution < -0.4 is 10.9 Å². The molecule has 0 amide bonds. The van der Waals surface area contributed by atoms with Gasteiger partial charge in [0.25, 0.3) is 5.56 Å². The van der Waals surface area contributed by atoms with E-state index in [0.717, 1.165) is 38.3 Å². The van der Waals surface area contributed by atoms with Crippen molar-refractivity contribution in [2.24, 2.45) is 5.92 Å². The van der Waals surface area contributed by atoms with Crippen LogP contribution in [0.1, 0.15) is 36.1 Å². The van der Waals surface area contributed by atoms with Crippen molar-refractivity contribution in [1.29, 1.82) is 0 Å². The van der Waals surface area contributed by atoms with Crippen molar-refractivity contribution in [3.8, 4) is 0 Å². The number of nitrogens with zero attached hydrogens (tertiary/aromatic N) is 1. The molecule has 1 fully saturated rings. The van der Waals surface area contributed by atoms with Gasteiger partial charge >= 0.3 is 0 Å². The van der Waals surface area contributed by atoms with Gasteiger partial charge in [-0.05, 0) is 49.7 Å². The van der Waals surface area contributed by atoms with E-state index in [1.54, 1.807) is 18.6 Å². The van der Waals surface area contributed by atoms with Crippen LogP contribution in [0.5, 0.6) is 0 Å². The fourth-order valence-electron chi connectivity index (χ4n) is 3.41. The van der Waals surface area contributed by atoms with Gasteiger partial charge < -0.3 is 14.3 Å². The summed E-state index contributed by atoms with van der Waals surface area (Å²) in [5.41, 5.74) is 3.98. The molecule has 4 nitrogen and oxygen atoms in total. The lowest BCUT2D eigenvalue weighted by molar-refractivity contribution is 0.435. The van der Waals surface area contributed by atoms with Gasteiger partial charge in [0.15, 0.2) is 0 Å². The minimum Gasteiger partial charge on any atom is -0.472 e. The van der Waals surface area contributed by atoms with Crippen LogP contribution in [0.4, 0.5) is 0 Å². The van der Waals surface area contributed by atoms with Gasteiger partial charge in [-0.1, -0.05) is 6.07 Å². The Bertz CT molecular complexity index is 698. The molecule has 2 aromatic heterocycles. The highest BCUT2D eigenvalue weighted by Gasteiger charge is 2.26. The third kappa shape index (κ3) is 2.88. The van der Waals surface area contributed by atoms with E-state index in [4.69, 9.17) is 4.42 Å². The Morgan fingerprint density at radius 1 is 1.23 bits per heavy atom. The Balaban J connectivity index is 1.47. The molecule has 2 aromatic rings. The summed E-state index contributed by atoms with van der Waals surface area (Å²) < 4.78 is 7.15. The molecule has 1 unspecified atom stereocenters. The molecule has 0 saturated heterocycles. The summed E-state index contributed by atoms with van der Waals surface area (Å²) in [5.74, 6) is 0.737. The Morgan fingerprint density at radius 3 is 2.91 bits per heavy atom. The van der Waals surface area contributed by atoms with E-state index < -0.39 is 0 Å². The number of rotatable bonds is 5. The molecule has 2 aliphatic rings. The molecule has 0 bridgehead atoms. The van der Waals surface area contributed by atoms with Crippen LogP contribution in [0.25, 0.3) is 0 Å². The predicted molar refractivity (Wildman–Crippen MR) is 84.8 cm³/mol. The lowest BCUT2D eigenvalue weighted by atomic mass is 9.91. The number of hydrogen-bond donors (Lipinski definition) is 1. The first kappa shape index (κ1) is 13.8. The van der Waals surface area contributed by atoms with Crippen LogP contribution >= 0.6 is 0 Å². The number of furan rings is 1. The summed E-state index contributed by atoms with van der Waals surface area (Å²) >= 11 is 0. The van der Waals surface area contributed by atoms with E-state index in [1.807, 2.05) is 16.7 Å². The topological polar surface area (TPSA) is 47.2 Å². The van der Waals surface area contributed by atoms with E-state index in [1.165, 1.54) is 29.7 Å². The maximum Gasteiger partial charge on any atom is 0.250 e. The van der Waals surface area contributed by atoms with E-state index in [0.29, 0.717) is 6.04 Å². The maximum atomic E-state index is 12.2. The molecule has 2 heterocycles. The third-order valence-corrected chi connectivity index (χ3v) is 4.90. The Morgan fingerprint density at radius 2 is 2.14 bits per heavy atom. The predicted octanol–water partition coefficient (Wildman–Crippen LogP) is 2.50. The molecule has 0 aliphatic heterocycles. The van der Waals surface area contributed by atoms with Crippen molar-refractivity contribution in [1.82, 2.24) is 9.88 Å². The fourth-order valence-corrected chi connectivity index (χ4v) is 3.41. The molecule has 1 atom stereocenters. The van der Waals surface area contributed by atoms with E-state index in [-0.39, 0.29) is 5.56 Å². The van der Waals surface area contributed by atoms with Gasteiger partial charge in [-0.2, -0.15) is 0 Å². The summed E-state index contributed by atoms with van der Waals surface area (Å²) in [6, 6.07) is 6.26. The third-order valence-electron chi connectivity index (χ3n) is 4.90. The number of aromatic nitrogens is 1. The monoisotopic (exact) mass is 298 g/mol. The summed E-state index contributed by atoms with van der Waals surface area (Å²) in [4.78, 5) is 12.2. The van der Waals surface area contributed by atoms with Gasteiger partial charge in [-0.3, -0.25) is 4.79 Å². The largest absolute Gasteiger partial charge is 0.472 e. The average Bonchev–Trinajstić information content (AvgIpc) is 3.20. The summed E-state index contributed by atoms with van der Waals surface area (Å²) in [7, 11) is 0. The van der Waals surface area contributed by atoms with Gasteiger partial charge in [0.05, 0.1) is 12.5 Å². The number of fused-ring (bicyclic) bond motifs is 1. The quantitative estimate of drug-likeness (QED) is 0.922. The minimum absolute atomic E-state index is 0.176. The van der Waals surface area contributed by atoms with Crippen molar-refractivity contribution >= 4 is 0 Å². The number of hydrogen-bond acceptors (Lipinski definition) is 3. The second-order valence-electron chi connectivity index (χ2n) is 6.65. The molecule has 4 rings (SSSR count). The Labute approximate surface area is 130 Å². The highest BCUT2D eigenvalue weighted by Crippen LogP contribution is 2.31. The summed E-state index contributed by atoms with van der Waals surface area (Å²) in [6.07, 6.45) is 9.18. The average molecular weight is 298 g/mol. The van der Waals surface area contributed by atoms with E-state index >= 15 is 0 Å². The molecule has 0 spiro atoms. The van der Waals surface area contributed by atoms with Gasteiger partial charge in [0.2, 0.25) is 0 Å². The van der Waals surface area contributed by atoms with Crippen LogP contribution in [0.3, 0.4) is 0 Å². The fraction of sp³-hybridized carbons (Fsp3) is 0.500. The van der Waals surface area contributed by atoms with Gasteiger partial charge in [-0.15, -0.1) is 0 Å². The van der Waals surface area contributed by atoms with Crippen molar-refractivity contribution in [3.63, 3.8) is 0 Å². The second kappa shape index (κ2) is 5.76. The van der Waals surface area contributed by atoms with Gasteiger partial charge in [0.1, 0.15) is 0 Å². The van der Waals surface area contributed by atoms with Crippen molar-refractivity contribution in [2.45, 2.75) is 51.2 Å². The normalized spacial score (nSPS) is 20.8. The molecule has 22 heavy (non-hydrogen) atoms. The zero-order chi connectivity index (χ0) is 14.9. The minimum atomic E-state index is 0.176. The maximum absolute atomic E-state index is 12.2. The van der Waals surface area contributed by atoms with Crippen molar-refractivity contribution < 1.29 is 4.42 Å². The first-order valence-corrected chi connectivity index (χ1v) is 8.25. The van der Waals surface area contributed by atoms with Gasteiger partial charge in [0, 0.05) is 36.5 Å². The molecule has 2 aliphatic carbocycles. The lowest BCUT2D eigenvalue weighted by Crippen LogP contribution is -2.37. The van der Waals surface area contributed by atoms with Crippen LogP contribution in [0, 0.1) is 5.92 Å². The van der Waals surface area contributed by atoms with Crippen molar-refractivity contribution in [2.75, 3.05) is 0 Å². The van der Waals surface area contributed by atoms with E-state index in [9.17, 15) is 4.79 Å². The highest BCUT2D eigenvalue weighted by atomic mass is 16.3. The smallest absolute Gasteiger partial charge is 0.250 e. The summed E-state index contributed by atoms with van der Waals surface area (Å²) in [6.45, 7) is 1.77. The molecular weight excluding hydrogens is 276 g/mol. The van der Waals surface area contributed by atoms with Gasteiger partial charge in [-0.25, -0.2) is 0 Å². The van der Waals surface area contributed by atoms with Crippen LogP contribution in [-0.2, 0) is 25.9 Å². The zero-order valence-electron chi connectivity index (χ0n) is 12.8. The molecule has 1 saturated carbocycles. The number of pyridine rings is 1. The molecule has 116 valence electrons. The molecule has 0 radical (unpaired) electrons. The second-order valence-corrected chi connectivity index (χ2v) is 6.65. The Kier molecular flexibility index (Phi) is 3.62.